The molecule has 0 aliphatic carbocycles. The molecule has 7 nitrogen and oxygen atoms in total. The first kappa shape index (κ1) is 33.7. The van der Waals surface area contributed by atoms with Crippen LogP contribution in [0.2, 0.25) is 15.1 Å². The molecule has 42 heavy (non-hydrogen) atoms. The number of rotatable bonds is 14. The molecule has 3 rings (SSSR count). The zero-order valence-electron chi connectivity index (χ0n) is 23.9. The van der Waals surface area contributed by atoms with Crippen LogP contribution in [0.25, 0.3) is 0 Å². The fourth-order valence-corrected chi connectivity index (χ4v) is 6.09. The van der Waals surface area contributed by atoms with Crippen LogP contribution in [0.3, 0.4) is 0 Å². The predicted octanol–water partition coefficient (Wildman–Crippen LogP) is 6.61. The van der Waals surface area contributed by atoms with Crippen LogP contribution in [-0.2, 0) is 32.6 Å². The van der Waals surface area contributed by atoms with Gasteiger partial charge in [-0.3, -0.25) is 13.9 Å². The van der Waals surface area contributed by atoms with Crippen molar-refractivity contribution in [2.24, 2.45) is 5.92 Å². The fourth-order valence-electron chi connectivity index (χ4n) is 4.47. The molecule has 11 heteroatoms. The van der Waals surface area contributed by atoms with Crippen molar-refractivity contribution in [3.63, 3.8) is 0 Å². The zero-order valence-corrected chi connectivity index (χ0v) is 27.0. The molecule has 0 aromatic heterocycles. The van der Waals surface area contributed by atoms with E-state index in [9.17, 15) is 18.0 Å². The van der Waals surface area contributed by atoms with Gasteiger partial charge in [-0.25, -0.2) is 8.42 Å². The van der Waals surface area contributed by atoms with Gasteiger partial charge in [-0.2, -0.15) is 0 Å². The Morgan fingerprint density at radius 2 is 1.55 bits per heavy atom. The second kappa shape index (κ2) is 15.6. The summed E-state index contributed by atoms with van der Waals surface area (Å²) in [6.07, 6.45) is 1.57. The van der Waals surface area contributed by atoms with Crippen LogP contribution in [0.1, 0.15) is 37.8 Å². The van der Waals surface area contributed by atoms with Crippen molar-refractivity contribution >= 4 is 62.3 Å². The Morgan fingerprint density at radius 1 is 0.881 bits per heavy atom. The standard InChI is InChI=1S/C31H36Cl3N3O4S/c1-22(2)20-35-31(39)29(18-23-9-5-4-6-10-23)36(21-24-11-7-12-25(32)17-24)30(38)13-8-16-37(42(3,40)41)28-19-26(33)14-15-27(28)34/h4-7,9-12,14-15,17,19,22,29H,8,13,16,18,20-21H2,1-3H3,(H,35,39)/t29-/m0/s1. The van der Waals surface area contributed by atoms with Crippen LogP contribution in [0.15, 0.2) is 72.8 Å². The van der Waals surface area contributed by atoms with E-state index in [1.807, 2.05) is 50.2 Å². The molecule has 3 aromatic carbocycles. The molecule has 0 spiro atoms. The molecule has 0 unspecified atom stereocenters. The fraction of sp³-hybridized carbons (Fsp3) is 0.355. The Balaban J connectivity index is 1.90. The van der Waals surface area contributed by atoms with E-state index in [0.717, 1.165) is 21.7 Å². The van der Waals surface area contributed by atoms with Gasteiger partial charge in [0.05, 0.1) is 17.0 Å². The minimum absolute atomic E-state index is 0.00145. The van der Waals surface area contributed by atoms with Crippen molar-refractivity contribution in [3.8, 4) is 0 Å². The number of carbonyl (C=O) groups is 2. The topological polar surface area (TPSA) is 86.8 Å². The van der Waals surface area contributed by atoms with Crippen LogP contribution < -0.4 is 9.62 Å². The maximum atomic E-state index is 13.9. The summed E-state index contributed by atoms with van der Waals surface area (Å²) in [5.41, 5.74) is 1.92. The number of carbonyl (C=O) groups excluding carboxylic acids is 2. The van der Waals surface area contributed by atoms with E-state index in [-0.39, 0.29) is 54.4 Å². The van der Waals surface area contributed by atoms with Crippen molar-refractivity contribution < 1.29 is 18.0 Å². The highest BCUT2D eigenvalue weighted by Crippen LogP contribution is 2.31. The second-order valence-electron chi connectivity index (χ2n) is 10.5. The number of nitrogens with zero attached hydrogens (tertiary/aromatic N) is 2. The molecule has 0 bridgehead atoms. The van der Waals surface area contributed by atoms with Crippen LogP contribution in [0, 0.1) is 5.92 Å². The van der Waals surface area contributed by atoms with E-state index in [1.165, 1.54) is 12.1 Å². The molecule has 2 amide bonds. The number of halogens is 3. The van der Waals surface area contributed by atoms with Crippen LogP contribution in [0.5, 0.6) is 0 Å². The Morgan fingerprint density at radius 3 is 2.19 bits per heavy atom. The smallest absolute Gasteiger partial charge is 0.243 e. The van der Waals surface area contributed by atoms with Gasteiger partial charge in [0.2, 0.25) is 21.8 Å². The Hall–Kier alpha value is -2.78. The number of sulfonamides is 1. The molecule has 1 N–H and O–H groups in total. The molecular formula is C31H36Cl3N3O4S. The van der Waals surface area contributed by atoms with Crippen LogP contribution >= 0.6 is 34.8 Å². The van der Waals surface area contributed by atoms with E-state index < -0.39 is 16.1 Å². The first-order chi connectivity index (χ1) is 19.8. The van der Waals surface area contributed by atoms with Crippen molar-refractivity contribution in [2.45, 2.75) is 45.7 Å². The van der Waals surface area contributed by atoms with Crippen molar-refractivity contribution in [2.75, 3.05) is 23.7 Å². The largest absolute Gasteiger partial charge is 0.354 e. The number of benzene rings is 3. The molecule has 0 saturated carbocycles. The van der Waals surface area contributed by atoms with Gasteiger partial charge in [0.15, 0.2) is 0 Å². The van der Waals surface area contributed by atoms with E-state index in [2.05, 4.69) is 5.32 Å². The highest BCUT2D eigenvalue weighted by molar-refractivity contribution is 7.92. The van der Waals surface area contributed by atoms with Gasteiger partial charge in [0.1, 0.15) is 6.04 Å². The third-order valence-corrected chi connectivity index (χ3v) is 8.50. The normalized spacial score (nSPS) is 12.2. The molecule has 0 aliphatic rings. The summed E-state index contributed by atoms with van der Waals surface area (Å²) in [7, 11) is -3.73. The van der Waals surface area contributed by atoms with Crippen molar-refractivity contribution in [1.82, 2.24) is 10.2 Å². The van der Waals surface area contributed by atoms with Gasteiger partial charge >= 0.3 is 0 Å². The molecule has 0 saturated heterocycles. The highest BCUT2D eigenvalue weighted by atomic mass is 35.5. The van der Waals surface area contributed by atoms with E-state index in [4.69, 9.17) is 34.8 Å². The number of anilines is 1. The monoisotopic (exact) mass is 651 g/mol. The minimum atomic E-state index is -3.73. The third kappa shape index (κ3) is 10.2. The quantitative estimate of drug-likeness (QED) is 0.213. The molecule has 0 aliphatic heterocycles. The summed E-state index contributed by atoms with van der Waals surface area (Å²) in [6.45, 7) is 4.62. The third-order valence-electron chi connectivity index (χ3n) is 6.53. The Bertz CT molecular complexity index is 1470. The van der Waals surface area contributed by atoms with Gasteiger partial charge in [-0.15, -0.1) is 0 Å². The average Bonchev–Trinajstić information content (AvgIpc) is 2.93. The average molecular weight is 653 g/mol. The first-order valence-electron chi connectivity index (χ1n) is 13.6. The first-order valence-corrected chi connectivity index (χ1v) is 16.6. The maximum absolute atomic E-state index is 13.9. The second-order valence-corrected chi connectivity index (χ2v) is 13.7. The number of nitrogens with one attached hydrogen (secondary N) is 1. The lowest BCUT2D eigenvalue weighted by Crippen LogP contribution is -2.51. The van der Waals surface area contributed by atoms with Gasteiger partial charge < -0.3 is 10.2 Å². The molecule has 0 radical (unpaired) electrons. The Labute approximate surface area is 263 Å². The molecule has 1 atom stereocenters. The summed E-state index contributed by atoms with van der Waals surface area (Å²) in [5.74, 6) is -0.323. The van der Waals surface area contributed by atoms with E-state index in [0.29, 0.717) is 23.0 Å². The lowest BCUT2D eigenvalue weighted by atomic mass is 10.0. The summed E-state index contributed by atoms with van der Waals surface area (Å²) in [4.78, 5) is 29.0. The number of hydrogen-bond acceptors (Lipinski definition) is 4. The molecule has 0 fully saturated rings. The van der Waals surface area contributed by atoms with Gasteiger partial charge in [0.25, 0.3) is 0 Å². The molecule has 0 heterocycles. The summed E-state index contributed by atoms with van der Waals surface area (Å²) in [6, 6.07) is 20.5. The predicted molar refractivity (Wildman–Crippen MR) is 172 cm³/mol. The highest BCUT2D eigenvalue weighted by Gasteiger charge is 2.31. The molecule has 226 valence electrons. The van der Waals surface area contributed by atoms with Crippen LogP contribution in [-0.4, -0.2) is 50.5 Å². The lowest BCUT2D eigenvalue weighted by molar-refractivity contribution is -0.141. The molecular weight excluding hydrogens is 617 g/mol. The van der Waals surface area contributed by atoms with Gasteiger partial charge in [0, 0.05) is 42.5 Å². The number of hydrogen-bond donors (Lipinski definition) is 1. The maximum Gasteiger partial charge on any atom is 0.243 e. The molecule has 3 aromatic rings. The van der Waals surface area contributed by atoms with E-state index in [1.54, 1.807) is 29.2 Å². The van der Waals surface area contributed by atoms with Crippen LogP contribution in [0.4, 0.5) is 5.69 Å². The number of amides is 2. The minimum Gasteiger partial charge on any atom is -0.354 e. The van der Waals surface area contributed by atoms with Gasteiger partial charge in [-0.05, 0) is 53.8 Å². The summed E-state index contributed by atoms with van der Waals surface area (Å²) >= 11 is 18.7. The Kier molecular flexibility index (Phi) is 12.5. The SMILES string of the molecule is CC(C)CNC(=O)[C@H](Cc1ccccc1)N(Cc1cccc(Cl)c1)C(=O)CCCN(c1cc(Cl)ccc1Cl)S(C)(=O)=O. The van der Waals surface area contributed by atoms with Gasteiger partial charge in [-0.1, -0.05) is 91.1 Å². The van der Waals surface area contributed by atoms with E-state index >= 15 is 0 Å². The summed E-state index contributed by atoms with van der Waals surface area (Å²) in [5, 5.41) is 4.07. The van der Waals surface area contributed by atoms with Crippen molar-refractivity contribution in [1.29, 1.82) is 0 Å². The van der Waals surface area contributed by atoms with Crippen molar-refractivity contribution in [3.05, 3.63) is 99.0 Å². The summed E-state index contributed by atoms with van der Waals surface area (Å²) < 4.78 is 26.5. The zero-order chi connectivity index (χ0) is 30.9. The lowest BCUT2D eigenvalue weighted by Gasteiger charge is -2.32.